The van der Waals surface area contributed by atoms with Crippen LogP contribution in [0.1, 0.15) is 37.0 Å². The number of nitrogens with one attached hydrogen (secondary N) is 1. The molecule has 0 saturated heterocycles. The Labute approximate surface area is 169 Å². The summed E-state index contributed by atoms with van der Waals surface area (Å²) in [7, 11) is 1.65. The largest absolute Gasteiger partial charge is 0.494 e. The number of rotatable bonds is 7. The molecule has 2 amide bonds. The first-order valence-corrected chi connectivity index (χ1v) is 9.53. The van der Waals surface area contributed by atoms with Crippen LogP contribution in [0.5, 0.6) is 11.5 Å². The molecule has 1 N–H and O–H groups in total. The highest BCUT2D eigenvalue weighted by Crippen LogP contribution is 2.34. The minimum Gasteiger partial charge on any atom is -0.494 e. The number of ether oxygens (including phenoxy) is 2. The van der Waals surface area contributed by atoms with Crippen LogP contribution in [0.3, 0.4) is 0 Å². The van der Waals surface area contributed by atoms with E-state index in [9.17, 15) is 14.4 Å². The van der Waals surface area contributed by atoms with Crippen LogP contribution in [-0.4, -0.2) is 37.4 Å². The van der Waals surface area contributed by atoms with E-state index in [1.165, 1.54) is 4.90 Å². The number of anilines is 2. The number of Topliss-reactive ketones (excluding diaryl/α,β-unsaturated/α-hetero) is 1. The van der Waals surface area contributed by atoms with Crippen LogP contribution in [-0.2, 0) is 9.59 Å². The second-order valence-electron chi connectivity index (χ2n) is 6.77. The first kappa shape index (κ1) is 20.4. The number of carbonyl (C=O) groups excluding carboxylic acids is 3. The molecule has 0 spiro atoms. The number of amides is 2. The normalized spacial score (nSPS) is 15.3. The summed E-state index contributed by atoms with van der Waals surface area (Å²) in [6, 6.07) is 12.0. The van der Waals surface area contributed by atoms with Gasteiger partial charge >= 0.3 is 0 Å². The molecule has 0 aromatic heterocycles. The molecule has 2 aromatic rings. The smallest absolute Gasteiger partial charge is 0.267 e. The SMILES string of the molecule is CCOc1ccc(NC(=O)CCC(=O)c2ccc3c(c2)N(C)C(=O)C(C)O3)cc1. The highest BCUT2D eigenvalue weighted by Gasteiger charge is 2.29. The van der Waals surface area contributed by atoms with E-state index < -0.39 is 6.10 Å². The summed E-state index contributed by atoms with van der Waals surface area (Å²) in [5.74, 6) is 0.704. The molecule has 1 aliphatic rings. The minimum atomic E-state index is -0.555. The van der Waals surface area contributed by atoms with E-state index in [1.807, 2.05) is 6.92 Å². The second-order valence-corrected chi connectivity index (χ2v) is 6.77. The average Bonchev–Trinajstić information content (AvgIpc) is 2.72. The third-order valence-electron chi connectivity index (χ3n) is 4.65. The van der Waals surface area contributed by atoms with E-state index in [4.69, 9.17) is 9.47 Å². The number of benzene rings is 2. The van der Waals surface area contributed by atoms with Crippen molar-refractivity contribution in [1.82, 2.24) is 0 Å². The molecule has 152 valence electrons. The van der Waals surface area contributed by atoms with E-state index in [0.717, 1.165) is 5.75 Å². The van der Waals surface area contributed by atoms with Crippen LogP contribution in [0.25, 0.3) is 0 Å². The number of hydrogen-bond donors (Lipinski definition) is 1. The fourth-order valence-corrected chi connectivity index (χ4v) is 3.08. The van der Waals surface area contributed by atoms with Crippen LogP contribution in [0.2, 0.25) is 0 Å². The minimum absolute atomic E-state index is 0.0609. The Bertz CT molecular complexity index is 923. The molecule has 0 radical (unpaired) electrons. The highest BCUT2D eigenvalue weighted by atomic mass is 16.5. The molecule has 2 aromatic carbocycles. The zero-order valence-electron chi connectivity index (χ0n) is 16.7. The van der Waals surface area contributed by atoms with Crippen molar-refractivity contribution in [2.75, 3.05) is 23.9 Å². The molecular formula is C22H24N2O5. The zero-order valence-corrected chi connectivity index (χ0v) is 16.7. The monoisotopic (exact) mass is 396 g/mol. The molecule has 7 heteroatoms. The van der Waals surface area contributed by atoms with Gasteiger partial charge in [0.15, 0.2) is 11.9 Å². The van der Waals surface area contributed by atoms with Crippen molar-refractivity contribution in [2.24, 2.45) is 0 Å². The molecule has 29 heavy (non-hydrogen) atoms. The predicted octanol–water partition coefficient (Wildman–Crippen LogP) is 3.43. The lowest BCUT2D eigenvalue weighted by molar-refractivity contribution is -0.125. The first-order chi connectivity index (χ1) is 13.9. The van der Waals surface area contributed by atoms with Crippen LogP contribution in [0, 0.1) is 0 Å². The Kier molecular flexibility index (Phi) is 6.16. The van der Waals surface area contributed by atoms with Gasteiger partial charge in [-0.15, -0.1) is 0 Å². The Morgan fingerprint density at radius 3 is 2.55 bits per heavy atom. The summed E-state index contributed by atoms with van der Waals surface area (Å²) >= 11 is 0. The molecule has 0 fully saturated rings. The summed E-state index contributed by atoms with van der Waals surface area (Å²) in [6.45, 7) is 4.16. The maximum atomic E-state index is 12.5. The Morgan fingerprint density at radius 1 is 1.14 bits per heavy atom. The summed E-state index contributed by atoms with van der Waals surface area (Å²) in [5.41, 5.74) is 1.64. The molecule has 0 saturated carbocycles. The summed E-state index contributed by atoms with van der Waals surface area (Å²) in [4.78, 5) is 38.2. The fraction of sp³-hybridized carbons (Fsp3) is 0.318. The molecule has 1 atom stereocenters. The lowest BCUT2D eigenvalue weighted by atomic mass is 10.0. The Morgan fingerprint density at radius 2 is 1.86 bits per heavy atom. The van der Waals surface area contributed by atoms with Gasteiger partial charge < -0.3 is 19.7 Å². The van der Waals surface area contributed by atoms with Crippen LogP contribution >= 0.6 is 0 Å². The number of hydrogen-bond acceptors (Lipinski definition) is 5. The maximum absolute atomic E-state index is 12.5. The van der Waals surface area contributed by atoms with Crippen LogP contribution in [0.15, 0.2) is 42.5 Å². The van der Waals surface area contributed by atoms with E-state index in [0.29, 0.717) is 29.3 Å². The van der Waals surface area contributed by atoms with Crippen molar-refractivity contribution in [3.63, 3.8) is 0 Å². The average molecular weight is 396 g/mol. The van der Waals surface area contributed by atoms with E-state index >= 15 is 0 Å². The van der Waals surface area contributed by atoms with Gasteiger partial charge in [-0.3, -0.25) is 14.4 Å². The van der Waals surface area contributed by atoms with E-state index in [2.05, 4.69) is 5.32 Å². The van der Waals surface area contributed by atoms with Gasteiger partial charge in [0.1, 0.15) is 11.5 Å². The van der Waals surface area contributed by atoms with Gasteiger partial charge in [0.05, 0.1) is 12.3 Å². The summed E-state index contributed by atoms with van der Waals surface area (Å²) < 4.78 is 10.9. The fourth-order valence-electron chi connectivity index (χ4n) is 3.08. The number of fused-ring (bicyclic) bond motifs is 1. The van der Waals surface area contributed by atoms with Crippen molar-refractivity contribution < 1.29 is 23.9 Å². The lowest BCUT2D eigenvalue weighted by Gasteiger charge is -2.30. The van der Waals surface area contributed by atoms with E-state index in [1.54, 1.807) is 56.4 Å². The third kappa shape index (κ3) is 4.74. The second kappa shape index (κ2) is 8.77. The van der Waals surface area contributed by atoms with Gasteiger partial charge in [-0.05, 0) is 56.3 Å². The maximum Gasteiger partial charge on any atom is 0.267 e. The molecule has 0 aliphatic carbocycles. The Balaban J connectivity index is 1.58. The van der Waals surface area contributed by atoms with Crippen LogP contribution in [0.4, 0.5) is 11.4 Å². The molecule has 3 rings (SSSR count). The topological polar surface area (TPSA) is 84.9 Å². The Hall–Kier alpha value is -3.35. The van der Waals surface area contributed by atoms with Crippen molar-refractivity contribution in [3.05, 3.63) is 48.0 Å². The highest BCUT2D eigenvalue weighted by molar-refractivity contribution is 6.04. The van der Waals surface area contributed by atoms with Gasteiger partial charge in [0, 0.05) is 31.1 Å². The van der Waals surface area contributed by atoms with Gasteiger partial charge in [0.25, 0.3) is 5.91 Å². The van der Waals surface area contributed by atoms with Crippen molar-refractivity contribution in [1.29, 1.82) is 0 Å². The van der Waals surface area contributed by atoms with Gasteiger partial charge in [0.2, 0.25) is 5.91 Å². The van der Waals surface area contributed by atoms with Crippen molar-refractivity contribution >= 4 is 29.0 Å². The summed E-state index contributed by atoms with van der Waals surface area (Å²) in [6.07, 6.45) is -0.428. The van der Waals surface area contributed by atoms with E-state index in [-0.39, 0.29) is 30.4 Å². The summed E-state index contributed by atoms with van der Waals surface area (Å²) in [5, 5.41) is 2.77. The number of carbonyl (C=O) groups is 3. The number of likely N-dealkylation sites (N-methyl/N-ethyl adjacent to an activating group) is 1. The van der Waals surface area contributed by atoms with Crippen LogP contribution < -0.4 is 19.7 Å². The van der Waals surface area contributed by atoms with Gasteiger partial charge in [-0.2, -0.15) is 0 Å². The van der Waals surface area contributed by atoms with Gasteiger partial charge in [-0.1, -0.05) is 0 Å². The molecular weight excluding hydrogens is 372 g/mol. The quantitative estimate of drug-likeness (QED) is 0.725. The van der Waals surface area contributed by atoms with Crippen molar-refractivity contribution in [2.45, 2.75) is 32.8 Å². The lowest BCUT2D eigenvalue weighted by Crippen LogP contribution is -2.42. The molecule has 1 heterocycles. The predicted molar refractivity (Wildman–Crippen MR) is 110 cm³/mol. The number of nitrogens with zero attached hydrogens (tertiary/aromatic N) is 1. The molecule has 1 unspecified atom stereocenters. The first-order valence-electron chi connectivity index (χ1n) is 9.53. The molecule has 0 bridgehead atoms. The number of ketones is 1. The third-order valence-corrected chi connectivity index (χ3v) is 4.65. The standard InChI is InChI=1S/C22H24N2O5/c1-4-28-17-8-6-16(7-9-17)23-21(26)12-10-19(25)15-5-11-20-18(13-15)24(3)22(27)14(2)29-20/h5-9,11,13-14H,4,10,12H2,1-3H3,(H,23,26). The van der Waals surface area contributed by atoms with Crippen molar-refractivity contribution in [3.8, 4) is 11.5 Å². The van der Waals surface area contributed by atoms with Gasteiger partial charge in [-0.25, -0.2) is 0 Å². The zero-order chi connectivity index (χ0) is 21.0. The molecule has 7 nitrogen and oxygen atoms in total. The molecule has 1 aliphatic heterocycles.